The molecule has 1 amide bonds. The molecule has 0 radical (unpaired) electrons. The summed E-state index contributed by atoms with van der Waals surface area (Å²) in [6.45, 7) is 3.11. The van der Waals surface area contributed by atoms with Crippen molar-refractivity contribution in [1.29, 1.82) is 0 Å². The number of rotatable bonds is 7. The molecule has 0 atom stereocenters. The predicted molar refractivity (Wildman–Crippen MR) is 117 cm³/mol. The summed E-state index contributed by atoms with van der Waals surface area (Å²) < 4.78 is 6.16. The molecule has 3 rings (SSSR count). The third-order valence-corrected chi connectivity index (χ3v) is 6.21. The SMILES string of the molecule is COc1ccc(CCC(=O)Nc2ccccc2CN2CCSCC2)cc1Br. The maximum Gasteiger partial charge on any atom is 0.224 e. The van der Waals surface area contributed by atoms with Gasteiger partial charge in [0.2, 0.25) is 5.91 Å². The van der Waals surface area contributed by atoms with Gasteiger partial charge in [-0.15, -0.1) is 0 Å². The van der Waals surface area contributed by atoms with E-state index in [0.717, 1.165) is 41.1 Å². The molecule has 1 saturated heterocycles. The van der Waals surface area contributed by atoms with Gasteiger partial charge in [-0.25, -0.2) is 0 Å². The zero-order valence-electron chi connectivity index (χ0n) is 15.5. The Morgan fingerprint density at radius 1 is 1.22 bits per heavy atom. The van der Waals surface area contributed by atoms with Gasteiger partial charge in [-0.05, 0) is 51.7 Å². The summed E-state index contributed by atoms with van der Waals surface area (Å²) >= 11 is 5.50. The Kier molecular flexibility index (Phi) is 7.61. The van der Waals surface area contributed by atoms with Crippen molar-refractivity contribution in [3.63, 3.8) is 0 Å². The topological polar surface area (TPSA) is 41.6 Å². The van der Waals surface area contributed by atoms with E-state index in [1.165, 1.54) is 17.1 Å². The number of benzene rings is 2. The standard InChI is InChI=1S/C21H25BrN2O2S/c1-26-20-8-6-16(14-18(20)22)7-9-21(25)23-19-5-3-2-4-17(19)15-24-10-12-27-13-11-24/h2-6,8,14H,7,9-13,15H2,1H3,(H,23,25). The lowest BCUT2D eigenvalue weighted by molar-refractivity contribution is -0.116. The van der Waals surface area contributed by atoms with E-state index in [1.807, 2.05) is 48.2 Å². The maximum absolute atomic E-state index is 12.5. The largest absolute Gasteiger partial charge is 0.496 e. The third kappa shape index (κ3) is 5.99. The average Bonchev–Trinajstić information content (AvgIpc) is 2.69. The quantitative estimate of drug-likeness (QED) is 0.672. The Morgan fingerprint density at radius 3 is 2.74 bits per heavy atom. The predicted octanol–water partition coefficient (Wildman–Crippen LogP) is 4.58. The van der Waals surface area contributed by atoms with Gasteiger partial charge in [-0.3, -0.25) is 9.69 Å². The van der Waals surface area contributed by atoms with Crippen LogP contribution in [0.2, 0.25) is 0 Å². The number of aryl methyl sites for hydroxylation is 1. The summed E-state index contributed by atoms with van der Waals surface area (Å²) in [6, 6.07) is 14.1. The highest BCUT2D eigenvalue weighted by Crippen LogP contribution is 2.26. The third-order valence-electron chi connectivity index (χ3n) is 4.65. The summed E-state index contributed by atoms with van der Waals surface area (Å²) in [6.07, 6.45) is 1.15. The zero-order chi connectivity index (χ0) is 19.1. The van der Waals surface area contributed by atoms with Crippen LogP contribution in [0, 0.1) is 0 Å². The van der Waals surface area contributed by atoms with Crippen LogP contribution in [0.3, 0.4) is 0 Å². The van der Waals surface area contributed by atoms with E-state index in [1.54, 1.807) is 7.11 Å². The summed E-state index contributed by atoms with van der Waals surface area (Å²) in [5, 5.41) is 3.10. The Hall–Kier alpha value is -1.50. The second-order valence-corrected chi connectivity index (χ2v) is 8.64. The van der Waals surface area contributed by atoms with Gasteiger partial charge in [0, 0.05) is 43.2 Å². The van der Waals surface area contributed by atoms with Gasteiger partial charge < -0.3 is 10.1 Å². The van der Waals surface area contributed by atoms with E-state index in [9.17, 15) is 4.79 Å². The molecule has 144 valence electrons. The summed E-state index contributed by atoms with van der Waals surface area (Å²) in [5.41, 5.74) is 3.22. The van der Waals surface area contributed by atoms with Crippen LogP contribution < -0.4 is 10.1 Å². The van der Waals surface area contributed by atoms with Gasteiger partial charge in [0.1, 0.15) is 5.75 Å². The first-order valence-electron chi connectivity index (χ1n) is 9.16. The number of amides is 1. The maximum atomic E-state index is 12.5. The first-order chi connectivity index (χ1) is 13.2. The van der Waals surface area contributed by atoms with Crippen molar-refractivity contribution in [2.75, 3.05) is 37.0 Å². The van der Waals surface area contributed by atoms with Gasteiger partial charge in [-0.1, -0.05) is 24.3 Å². The number of carbonyl (C=O) groups is 1. The lowest BCUT2D eigenvalue weighted by Gasteiger charge is -2.27. The van der Waals surface area contributed by atoms with E-state index in [-0.39, 0.29) is 5.91 Å². The minimum Gasteiger partial charge on any atom is -0.496 e. The minimum absolute atomic E-state index is 0.0450. The minimum atomic E-state index is 0.0450. The van der Waals surface area contributed by atoms with Gasteiger partial charge in [-0.2, -0.15) is 11.8 Å². The number of hydrogen-bond acceptors (Lipinski definition) is 4. The van der Waals surface area contributed by atoms with Crippen LogP contribution in [0.1, 0.15) is 17.5 Å². The Bertz CT molecular complexity index is 779. The van der Waals surface area contributed by atoms with Gasteiger partial charge in [0.25, 0.3) is 0 Å². The van der Waals surface area contributed by atoms with Gasteiger partial charge in [0.05, 0.1) is 11.6 Å². The molecule has 0 aromatic heterocycles. The van der Waals surface area contributed by atoms with Gasteiger partial charge in [0.15, 0.2) is 0 Å². The van der Waals surface area contributed by atoms with Crippen molar-refractivity contribution in [2.45, 2.75) is 19.4 Å². The van der Waals surface area contributed by atoms with E-state index in [4.69, 9.17) is 4.74 Å². The van der Waals surface area contributed by atoms with Crippen molar-refractivity contribution in [3.8, 4) is 5.75 Å². The average molecular weight is 449 g/mol. The fraction of sp³-hybridized carbons (Fsp3) is 0.381. The van der Waals surface area contributed by atoms with Gasteiger partial charge >= 0.3 is 0 Å². The molecule has 6 heteroatoms. The fourth-order valence-electron chi connectivity index (χ4n) is 3.12. The lowest BCUT2D eigenvalue weighted by Crippen LogP contribution is -2.32. The number of halogens is 1. The monoisotopic (exact) mass is 448 g/mol. The second-order valence-electron chi connectivity index (χ2n) is 6.56. The van der Waals surface area contributed by atoms with Crippen molar-refractivity contribution in [3.05, 3.63) is 58.1 Å². The first-order valence-corrected chi connectivity index (χ1v) is 11.1. The fourth-order valence-corrected chi connectivity index (χ4v) is 4.68. The molecular formula is C21H25BrN2O2S. The summed E-state index contributed by atoms with van der Waals surface area (Å²) in [4.78, 5) is 14.9. The normalized spacial score (nSPS) is 14.7. The molecular weight excluding hydrogens is 424 g/mol. The number of thioether (sulfide) groups is 1. The number of carbonyl (C=O) groups excluding carboxylic acids is 1. The number of para-hydroxylation sites is 1. The van der Waals surface area contributed by atoms with Crippen LogP contribution in [0.5, 0.6) is 5.75 Å². The molecule has 0 aliphatic carbocycles. The van der Waals surface area contributed by atoms with E-state index >= 15 is 0 Å². The van der Waals surface area contributed by atoms with Crippen molar-refractivity contribution in [1.82, 2.24) is 4.90 Å². The molecule has 0 saturated carbocycles. The first kappa shape index (κ1) is 20.2. The number of anilines is 1. The Balaban J connectivity index is 1.56. The van der Waals surface area contributed by atoms with Crippen LogP contribution in [0.15, 0.2) is 46.9 Å². The van der Waals surface area contributed by atoms with Crippen molar-refractivity contribution < 1.29 is 9.53 Å². The molecule has 0 spiro atoms. The van der Waals surface area contributed by atoms with Crippen molar-refractivity contribution in [2.24, 2.45) is 0 Å². The number of ether oxygens (including phenoxy) is 1. The van der Waals surface area contributed by atoms with E-state index < -0.39 is 0 Å². The molecule has 1 heterocycles. The second kappa shape index (κ2) is 10.2. The molecule has 2 aromatic rings. The lowest BCUT2D eigenvalue weighted by atomic mass is 10.1. The number of hydrogen-bond donors (Lipinski definition) is 1. The van der Waals surface area contributed by atoms with E-state index in [2.05, 4.69) is 32.2 Å². The molecule has 1 aliphatic rings. The molecule has 27 heavy (non-hydrogen) atoms. The highest BCUT2D eigenvalue weighted by Gasteiger charge is 2.14. The highest BCUT2D eigenvalue weighted by molar-refractivity contribution is 9.10. The molecule has 1 N–H and O–H groups in total. The number of nitrogens with zero attached hydrogens (tertiary/aromatic N) is 1. The highest BCUT2D eigenvalue weighted by atomic mass is 79.9. The molecule has 1 aliphatic heterocycles. The molecule has 0 unspecified atom stereocenters. The van der Waals surface area contributed by atoms with Crippen LogP contribution in [0.25, 0.3) is 0 Å². The smallest absolute Gasteiger partial charge is 0.224 e. The van der Waals surface area contributed by atoms with Crippen molar-refractivity contribution >= 4 is 39.3 Å². The van der Waals surface area contributed by atoms with E-state index in [0.29, 0.717) is 12.8 Å². The van der Waals surface area contributed by atoms with Crippen LogP contribution in [-0.4, -0.2) is 42.5 Å². The number of nitrogens with one attached hydrogen (secondary N) is 1. The summed E-state index contributed by atoms with van der Waals surface area (Å²) in [7, 11) is 1.65. The summed E-state index contributed by atoms with van der Waals surface area (Å²) in [5.74, 6) is 3.22. The Labute approximate surface area is 173 Å². The number of methoxy groups -OCH3 is 1. The van der Waals surface area contributed by atoms with Crippen LogP contribution >= 0.6 is 27.7 Å². The van der Waals surface area contributed by atoms with Crippen LogP contribution in [0.4, 0.5) is 5.69 Å². The molecule has 0 bridgehead atoms. The zero-order valence-corrected chi connectivity index (χ0v) is 17.9. The van der Waals surface area contributed by atoms with Crippen LogP contribution in [-0.2, 0) is 17.8 Å². The molecule has 1 fully saturated rings. The molecule has 4 nitrogen and oxygen atoms in total. The Morgan fingerprint density at radius 2 is 2.00 bits per heavy atom. The molecule has 2 aromatic carbocycles.